The average Bonchev–Trinajstić information content (AvgIpc) is 2.19. The molecule has 0 aromatic carbocycles. The minimum absolute atomic E-state index is 0.288. The van der Waals surface area contributed by atoms with Crippen molar-refractivity contribution < 1.29 is 0 Å². The Kier molecular flexibility index (Phi) is 2.40. The van der Waals surface area contributed by atoms with Crippen LogP contribution in [0, 0.1) is 0 Å². The summed E-state index contributed by atoms with van der Waals surface area (Å²) in [5, 5.41) is 7.91. The highest BCUT2D eigenvalue weighted by molar-refractivity contribution is 5.37. The van der Waals surface area contributed by atoms with Crippen molar-refractivity contribution in [3.8, 4) is 0 Å². The quantitative estimate of drug-likeness (QED) is 0.676. The van der Waals surface area contributed by atoms with Crippen LogP contribution in [0.3, 0.4) is 0 Å². The second kappa shape index (κ2) is 3.70. The Morgan fingerprint density at radius 3 is 3.15 bits per heavy atom. The molecule has 1 saturated heterocycles. The molecule has 0 radical (unpaired) electrons. The van der Waals surface area contributed by atoms with Gasteiger partial charge in [-0.25, -0.2) is 0 Å². The van der Waals surface area contributed by atoms with Crippen LogP contribution in [0.25, 0.3) is 0 Å². The molecule has 4 nitrogen and oxygen atoms in total. The summed E-state index contributed by atoms with van der Waals surface area (Å²) in [5.74, 6) is 0.942. The van der Waals surface area contributed by atoms with Gasteiger partial charge < -0.3 is 10.6 Å². The lowest BCUT2D eigenvalue weighted by Crippen LogP contribution is -2.43. The van der Waals surface area contributed by atoms with E-state index in [-0.39, 0.29) is 6.04 Å². The van der Waals surface area contributed by atoms with E-state index in [2.05, 4.69) is 15.1 Å². The molecule has 0 amide bonds. The van der Waals surface area contributed by atoms with E-state index in [0.29, 0.717) is 0 Å². The second-order valence-electron chi connectivity index (χ2n) is 3.43. The fourth-order valence-electron chi connectivity index (χ4n) is 1.68. The van der Waals surface area contributed by atoms with E-state index in [1.807, 2.05) is 12.1 Å². The smallest absolute Gasteiger partial charge is 0.151 e. The molecule has 0 bridgehead atoms. The number of hydrogen-bond donors (Lipinski definition) is 1. The lowest BCUT2D eigenvalue weighted by atomic mass is 10.1. The summed E-state index contributed by atoms with van der Waals surface area (Å²) in [6.07, 6.45) is 3.96. The Morgan fingerprint density at radius 2 is 2.46 bits per heavy atom. The summed E-state index contributed by atoms with van der Waals surface area (Å²) < 4.78 is 0. The predicted molar refractivity (Wildman–Crippen MR) is 51.5 cm³/mol. The first kappa shape index (κ1) is 8.44. The molecule has 0 aliphatic carbocycles. The third-order valence-electron chi connectivity index (χ3n) is 2.34. The minimum atomic E-state index is 0.288. The van der Waals surface area contributed by atoms with Crippen molar-refractivity contribution >= 4 is 5.82 Å². The fraction of sp³-hybridized carbons (Fsp3) is 0.556. The summed E-state index contributed by atoms with van der Waals surface area (Å²) in [5.41, 5.74) is 5.87. The standard InChI is InChI=1S/C9H14N4/c10-8-3-2-6-13(7-8)9-4-1-5-11-12-9/h1,4-5,8H,2-3,6-7,10H2/t8-/m1/s1. The monoisotopic (exact) mass is 178 g/mol. The number of anilines is 1. The molecule has 2 N–H and O–H groups in total. The zero-order chi connectivity index (χ0) is 9.10. The van der Waals surface area contributed by atoms with Gasteiger partial charge in [-0.1, -0.05) is 0 Å². The van der Waals surface area contributed by atoms with Gasteiger partial charge in [-0.05, 0) is 25.0 Å². The van der Waals surface area contributed by atoms with Crippen molar-refractivity contribution in [1.82, 2.24) is 10.2 Å². The largest absolute Gasteiger partial charge is 0.354 e. The molecule has 1 aromatic rings. The van der Waals surface area contributed by atoms with Crippen molar-refractivity contribution in [1.29, 1.82) is 0 Å². The Balaban J connectivity index is 2.08. The summed E-state index contributed by atoms with van der Waals surface area (Å²) in [6, 6.07) is 4.17. The van der Waals surface area contributed by atoms with Crippen molar-refractivity contribution in [2.75, 3.05) is 18.0 Å². The average molecular weight is 178 g/mol. The zero-order valence-corrected chi connectivity index (χ0v) is 7.56. The maximum absolute atomic E-state index is 5.87. The molecule has 1 atom stereocenters. The highest BCUT2D eigenvalue weighted by Crippen LogP contribution is 2.15. The van der Waals surface area contributed by atoms with Crippen LogP contribution in [0.1, 0.15) is 12.8 Å². The maximum atomic E-state index is 5.87. The molecule has 0 unspecified atom stereocenters. The lowest BCUT2D eigenvalue weighted by Gasteiger charge is -2.31. The molecule has 0 saturated carbocycles. The first-order chi connectivity index (χ1) is 6.36. The van der Waals surface area contributed by atoms with Gasteiger partial charge in [-0.15, -0.1) is 5.10 Å². The molecule has 1 fully saturated rings. The van der Waals surface area contributed by atoms with Crippen molar-refractivity contribution in [3.05, 3.63) is 18.3 Å². The minimum Gasteiger partial charge on any atom is -0.354 e. The summed E-state index contributed by atoms with van der Waals surface area (Å²) in [7, 11) is 0. The van der Waals surface area contributed by atoms with Crippen molar-refractivity contribution in [3.63, 3.8) is 0 Å². The topological polar surface area (TPSA) is 55.0 Å². The number of rotatable bonds is 1. The van der Waals surface area contributed by atoms with Gasteiger partial charge in [-0.3, -0.25) is 0 Å². The van der Waals surface area contributed by atoms with Crippen LogP contribution in [-0.2, 0) is 0 Å². The van der Waals surface area contributed by atoms with Crippen LogP contribution in [0.2, 0.25) is 0 Å². The van der Waals surface area contributed by atoms with Crippen LogP contribution < -0.4 is 10.6 Å². The number of hydrogen-bond acceptors (Lipinski definition) is 4. The second-order valence-corrected chi connectivity index (χ2v) is 3.43. The summed E-state index contributed by atoms with van der Waals surface area (Å²) in [4.78, 5) is 2.20. The van der Waals surface area contributed by atoms with E-state index in [1.54, 1.807) is 6.20 Å². The van der Waals surface area contributed by atoms with Crippen LogP contribution >= 0.6 is 0 Å². The molecule has 1 aromatic heterocycles. The van der Waals surface area contributed by atoms with E-state index >= 15 is 0 Å². The van der Waals surface area contributed by atoms with Crippen LogP contribution in [0.4, 0.5) is 5.82 Å². The highest BCUT2D eigenvalue weighted by atomic mass is 15.3. The van der Waals surface area contributed by atoms with Crippen LogP contribution in [0.5, 0.6) is 0 Å². The van der Waals surface area contributed by atoms with Gasteiger partial charge in [0.25, 0.3) is 0 Å². The molecule has 4 heteroatoms. The van der Waals surface area contributed by atoms with Gasteiger partial charge in [0.05, 0.1) is 0 Å². The molecule has 2 heterocycles. The number of aromatic nitrogens is 2. The highest BCUT2D eigenvalue weighted by Gasteiger charge is 2.17. The normalized spacial score (nSPS) is 23.2. The molecule has 1 aliphatic rings. The third kappa shape index (κ3) is 1.95. The lowest BCUT2D eigenvalue weighted by molar-refractivity contribution is 0.502. The summed E-state index contributed by atoms with van der Waals surface area (Å²) >= 11 is 0. The van der Waals surface area contributed by atoms with Gasteiger partial charge in [0.15, 0.2) is 5.82 Å². The Labute approximate surface area is 77.8 Å². The molecule has 13 heavy (non-hydrogen) atoms. The maximum Gasteiger partial charge on any atom is 0.151 e. The van der Waals surface area contributed by atoms with E-state index in [0.717, 1.165) is 31.7 Å². The third-order valence-corrected chi connectivity index (χ3v) is 2.34. The van der Waals surface area contributed by atoms with Gasteiger partial charge in [0.1, 0.15) is 0 Å². The first-order valence-electron chi connectivity index (χ1n) is 4.64. The SMILES string of the molecule is N[C@@H]1CCCN(c2cccnn2)C1. The van der Waals surface area contributed by atoms with Gasteiger partial charge in [0.2, 0.25) is 0 Å². The Morgan fingerprint density at radius 1 is 1.54 bits per heavy atom. The fourth-order valence-corrected chi connectivity index (χ4v) is 1.68. The summed E-state index contributed by atoms with van der Waals surface area (Å²) in [6.45, 7) is 1.95. The van der Waals surface area contributed by atoms with E-state index < -0.39 is 0 Å². The van der Waals surface area contributed by atoms with Crippen molar-refractivity contribution in [2.24, 2.45) is 5.73 Å². The number of nitrogens with zero attached hydrogens (tertiary/aromatic N) is 3. The Hall–Kier alpha value is -1.16. The number of piperidine rings is 1. The Bertz CT molecular complexity index is 262. The molecule has 2 rings (SSSR count). The van der Waals surface area contributed by atoms with Gasteiger partial charge >= 0.3 is 0 Å². The molecule has 1 aliphatic heterocycles. The van der Waals surface area contributed by atoms with E-state index in [9.17, 15) is 0 Å². The van der Waals surface area contributed by atoms with Crippen LogP contribution in [0.15, 0.2) is 18.3 Å². The molecule has 70 valence electrons. The van der Waals surface area contributed by atoms with E-state index in [1.165, 1.54) is 0 Å². The van der Waals surface area contributed by atoms with E-state index in [4.69, 9.17) is 5.73 Å². The van der Waals surface area contributed by atoms with Crippen molar-refractivity contribution in [2.45, 2.75) is 18.9 Å². The first-order valence-corrected chi connectivity index (χ1v) is 4.64. The van der Waals surface area contributed by atoms with Gasteiger partial charge in [0, 0.05) is 25.3 Å². The zero-order valence-electron chi connectivity index (χ0n) is 7.56. The molecular formula is C9H14N4. The molecular weight excluding hydrogens is 164 g/mol. The molecule has 0 spiro atoms. The van der Waals surface area contributed by atoms with Gasteiger partial charge in [-0.2, -0.15) is 5.10 Å². The predicted octanol–water partition coefficient (Wildman–Crippen LogP) is 0.404. The van der Waals surface area contributed by atoms with Crippen LogP contribution in [-0.4, -0.2) is 29.3 Å². The number of nitrogens with two attached hydrogens (primary N) is 1.